The summed E-state index contributed by atoms with van der Waals surface area (Å²) in [5.74, 6) is 1.51. The van der Waals surface area contributed by atoms with Crippen molar-refractivity contribution in [2.75, 3.05) is 26.9 Å². The van der Waals surface area contributed by atoms with Crippen molar-refractivity contribution in [3.63, 3.8) is 0 Å². The van der Waals surface area contributed by atoms with Crippen LogP contribution in [0.2, 0.25) is 0 Å². The number of ether oxygens (including phenoxy) is 3. The van der Waals surface area contributed by atoms with Gasteiger partial charge in [0.05, 0.1) is 20.3 Å². The SMILES string of the molecule is CCOC(=O)CCCOc1ccc(CCCC(=O)NCCc2ccc(OC)cc2)cc1. The molecule has 0 unspecified atom stereocenters. The summed E-state index contributed by atoms with van der Waals surface area (Å²) in [5.41, 5.74) is 2.34. The van der Waals surface area contributed by atoms with Crippen LogP contribution in [0.5, 0.6) is 11.5 Å². The van der Waals surface area contributed by atoms with Gasteiger partial charge >= 0.3 is 5.97 Å². The Hall–Kier alpha value is -3.02. The van der Waals surface area contributed by atoms with Crippen molar-refractivity contribution in [1.29, 1.82) is 0 Å². The first-order chi connectivity index (χ1) is 15.1. The topological polar surface area (TPSA) is 73.9 Å². The fourth-order valence-electron chi connectivity index (χ4n) is 3.07. The van der Waals surface area contributed by atoms with Crippen molar-refractivity contribution in [2.24, 2.45) is 0 Å². The fourth-order valence-corrected chi connectivity index (χ4v) is 3.07. The molecule has 0 saturated heterocycles. The first-order valence-electron chi connectivity index (χ1n) is 10.9. The predicted octanol–water partition coefficient (Wildman–Crippen LogP) is 4.10. The molecule has 0 aliphatic rings. The summed E-state index contributed by atoms with van der Waals surface area (Å²) >= 11 is 0. The van der Waals surface area contributed by atoms with Gasteiger partial charge in [0.15, 0.2) is 0 Å². The van der Waals surface area contributed by atoms with E-state index in [9.17, 15) is 9.59 Å². The Morgan fingerprint density at radius 2 is 1.48 bits per heavy atom. The van der Waals surface area contributed by atoms with E-state index in [0.717, 1.165) is 30.8 Å². The lowest BCUT2D eigenvalue weighted by molar-refractivity contribution is -0.143. The van der Waals surface area contributed by atoms with Crippen molar-refractivity contribution in [2.45, 2.75) is 45.4 Å². The van der Waals surface area contributed by atoms with Gasteiger partial charge in [-0.3, -0.25) is 9.59 Å². The Balaban J connectivity index is 1.56. The third kappa shape index (κ3) is 10.0. The van der Waals surface area contributed by atoms with E-state index in [2.05, 4.69) is 5.32 Å². The molecule has 6 heteroatoms. The van der Waals surface area contributed by atoms with E-state index in [0.29, 0.717) is 39.0 Å². The maximum Gasteiger partial charge on any atom is 0.305 e. The van der Waals surface area contributed by atoms with E-state index < -0.39 is 0 Å². The van der Waals surface area contributed by atoms with Gasteiger partial charge in [0.2, 0.25) is 5.91 Å². The maximum atomic E-state index is 12.0. The molecule has 0 aliphatic heterocycles. The summed E-state index contributed by atoms with van der Waals surface area (Å²) in [6.45, 7) is 3.32. The summed E-state index contributed by atoms with van der Waals surface area (Å²) in [4.78, 5) is 23.3. The molecule has 0 saturated carbocycles. The summed E-state index contributed by atoms with van der Waals surface area (Å²) in [6, 6.07) is 15.8. The molecular weight excluding hydrogens is 394 g/mol. The number of hydrogen-bond acceptors (Lipinski definition) is 5. The molecule has 0 bridgehead atoms. The number of carbonyl (C=O) groups is 2. The highest BCUT2D eigenvalue weighted by Crippen LogP contribution is 2.15. The largest absolute Gasteiger partial charge is 0.497 e. The fraction of sp³-hybridized carbons (Fsp3) is 0.440. The average molecular weight is 428 g/mol. The number of nitrogens with one attached hydrogen (secondary N) is 1. The van der Waals surface area contributed by atoms with E-state index in [-0.39, 0.29) is 11.9 Å². The second-order valence-corrected chi connectivity index (χ2v) is 7.20. The molecule has 0 radical (unpaired) electrons. The summed E-state index contributed by atoms with van der Waals surface area (Å²) < 4.78 is 15.7. The molecule has 0 heterocycles. The second kappa shape index (κ2) is 14.1. The lowest BCUT2D eigenvalue weighted by Crippen LogP contribution is -2.25. The number of rotatable bonds is 14. The lowest BCUT2D eigenvalue weighted by atomic mass is 10.1. The molecular formula is C25H33NO5. The van der Waals surface area contributed by atoms with Crippen molar-refractivity contribution in [3.05, 3.63) is 59.7 Å². The van der Waals surface area contributed by atoms with Gasteiger partial charge in [-0.2, -0.15) is 0 Å². The van der Waals surface area contributed by atoms with Crippen LogP contribution < -0.4 is 14.8 Å². The molecule has 2 aromatic carbocycles. The van der Waals surface area contributed by atoms with Crippen LogP contribution in [0.25, 0.3) is 0 Å². The van der Waals surface area contributed by atoms with E-state index in [1.54, 1.807) is 14.0 Å². The molecule has 0 aliphatic carbocycles. The highest BCUT2D eigenvalue weighted by Gasteiger charge is 2.04. The Morgan fingerprint density at radius 3 is 2.13 bits per heavy atom. The first kappa shape index (κ1) is 24.3. The molecule has 2 rings (SSSR count). The van der Waals surface area contributed by atoms with Crippen LogP contribution in [0.1, 0.15) is 43.7 Å². The average Bonchev–Trinajstić information content (AvgIpc) is 2.78. The zero-order valence-corrected chi connectivity index (χ0v) is 18.5. The number of aryl methyl sites for hydroxylation is 1. The van der Waals surface area contributed by atoms with E-state index in [4.69, 9.17) is 14.2 Å². The standard InChI is InChI=1S/C25H33NO5/c1-3-30-25(28)8-5-19-31-23-15-11-20(12-16-23)6-4-7-24(27)26-18-17-21-9-13-22(29-2)14-10-21/h9-16H,3-8,17-19H2,1-2H3,(H,26,27). The Kier molecular flexibility index (Phi) is 11.0. The molecule has 0 spiro atoms. The molecule has 2 aromatic rings. The number of hydrogen-bond donors (Lipinski definition) is 1. The number of benzene rings is 2. The molecule has 0 atom stereocenters. The van der Waals surface area contributed by atoms with Crippen molar-refractivity contribution in [1.82, 2.24) is 5.32 Å². The van der Waals surface area contributed by atoms with Gasteiger partial charge < -0.3 is 19.5 Å². The molecule has 31 heavy (non-hydrogen) atoms. The third-order valence-corrected chi connectivity index (χ3v) is 4.79. The Morgan fingerprint density at radius 1 is 0.839 bits per heavy atom. The Labute approximate surface area is 184 Å². The van der Waals surface area contributed by atoms with Gasteiger partial charge in [-0.25, -0.2) is 0 Å². The maximum absolute atomic E-state index is 12.0. The first-order valence-corrected chi connectivity index (χ1v) is 10.9. The molecule has 1 N–H and O–H groups in total. The van der Waals surface area contributed by atoms with Crippen LogP contribution in [0.4, 0.5) is 0 Å². The highest BCUT2D eigenvalue weighted by molar-refractivity contribution is 5.75. The highest BCUT2D eigenvalue weighted by atomic mass is 16.5. The summed E-state index contributed by atoms with van der Waals surface area (Å²) in [6.07, 6.45) is 3.96. The van der Waals surface area contributed by atoms with Crippen LogP contribution in [0.15, 0.2) is 48.5 Å². The third-order valence-electron chi connectivity index (χ3n) is 4.79. The molecule has 6 nitrogen and oxygen atoms in total. The van der Waals surface area contributed by atoms with Crippen LogP contribution in [-0.2, 0) is 27.2 Å². The van der Waals surface area contributed by atoms with E-state index >= 15 is 0 Å². The number of esters is 1. The summed E-state index contributed by atoms with van der Waals surface area (Å²) in [5, 5.41) is 2.98. The van der Waals surface area contributed by atoms with Gasteiger partial charge in [0.25, 0.3) is 0 Å². The normalized spacial score (nSPS) is 10.4. The van der Waals surface area contributed by atoms with Crippen LogP contribution >= 0.6 is 0 Å². The van der Waals surface area contributed by atoms with Crippen molar-refractivity contribution < 1.29 is 23.8 Å². The minimum absolute atomic E-state index is 0.0788. The molecule has 168 valence electrons. The lowest BCUT2D eigenvalue weighted by Gasteiger charge is -2.08. The van der Waals surface area contributed by atoms with E-state index in [1.807, 2.05) is 48.5 Å². The predicted molar refractivity (Wildman–Crippen MR) is 120 cm³/mol. The van der Waals surface area contributed by atoms with Gasteiger partial charge in [0.1, 0.15) is 11.5 Å². The van der Waals surface area contributed by atoms with Gasteiger partial charge in [-0.15, -0.1) is 0 Å². The zero-order chi connectivity index (χ0) is 22.3. The molecule has 0 fully saturated rings. The van der Waals surface area contributed by atoms with Gasteiger partial charge in [-0.05, 0) is 68.0 Å². The smallest absolute Gasteiger partial charge is 0.305 e. The van der Waals surface area contributed by atoms with Gasteiger partial charge in [-0.1, -0.05) is 24.3 Å². The second-order valence-electron chi connectivity index (χ2n) is 7.20. The Bertz CT molecular complexity index is 787. The van der Waals surface area contributed by atoms with Gasteiger partial charge in [0, 0.05) is 19.4 Å². The monoisotopic (exact) mass is 427 g/mol. The zero-order valence-electron chi connectivity index (χ0n) is 18.5. The number of methoxy groups -OCH3 is 1. The number of carbonyl (C=O) groups excluding carboxylic acids is 2. The quantitative estimate of drug-likeness (QED) is 0.363. The van der Waals surface area contributed by atoms with Crippen LogP contribution in [0.3, 0.4) is 0 Å². The van der Waals surface area contributed by atoms with Crippen molar-refractivity contribution >= 4 is 11.9 Å². The van der Waals surface area contributed by atoms with Crippen LogP contribution in [0, 0.1) is 0 Å². The summed E-state index contributed by atoms with van der Waals surface area (Å²) in [7, 11) is 1.65. The molecule has 1 amide bonds. The number of amides is 1. The van der Waals surface area contributed by atoms with Crippen LogP contribution in [-0.4, -0.2) is 38.7 Å². The minimum Gasteiger partial charge on any atom is -0.497 e. The molecule has 0 aromatic heterocycles. The minimum atomic E-state index is -0.189. The van der Waals surface area contributed by atoms with Crippen molar-refractivity contribution in [3.8, 4) is 11.5 Å². The van der Waals surface area contributed by atoms with E-state index in [1.165, 1.54) is 11.1 Å².